The molecule has 1 heterocycles. The molecule has 4 fully saturated rings. The number of aliphatic carboxylic acids is 1. The normalized spacial score (nSPS) is 44.3. The topological polar surface area (TPSA) is 196 Å². The van der Waals surface area contributed by atoms with Crippen molar-refractivity contribution >= 4 is 5.97 Å². The molecule has 12 nitrogen and oxygen atoms in total. The highest BCUT2D eigenvalue weighted by atomic mass is 16.7. The summed E-state index contributed by atoms with van der Waals surface area (Å²) < 4.78 is 23.9. The fraction of sp³-hybridized carbons (Fsp3) is 0.964. The maximum atomic E-state index is 12.1. The second-order valence-electron chi connectivity index (χ2n) is 12.2. The van der Waals surface area contributed by atoms with E-state index >= 15 is 0 Å². The van der Waals surface area contributed by atoms with Crippen LogP contribution in [0.15, 0.2) is 0 Å². The molecule has 232 valence electrons. The molecule has 0 amide bonds. The molecule has 13 atom stereocenters. The maximum absolute atomic E-state index is 12.1. The second-order valence-corrected chi connectivity index (χ2v) is 12.2. The van der Waals surface area contributed by atoms with Gasteiger partial charge >= 0.3 is 5.97 Å². The van der Waals surface area contributed by atoms with Crippen LogP contribution >= 0.6 is 0 Å². The number of carboxylic acids is 1. The van der Waals surface area contributed by atoms with Crippen LogP contribution in [-0.2, 0) is 23.7 Å². The molecule has 0 spiro atoms. The first-order valence-electron chi connectivity index (χ1n) is 15.0. The van der Waals surface area contributed by atoms with E-state index in [-0.39, 0.29) is 12.3 Å². The van der Waals surface area contributed by atoms with Crippen LogP contribution in [0.2, 0.25) is 0 Å². The van der Waals surface area contributed by atoms with Crippen molar-refractivity contribution in [2.75, 3.05) is 6.61 Å². The standard InChI is InChI=1S/C28H48O12/c1-14-21(30)24(33)25(34)28(37-14)40-18-10-6-5-9-17(18)38-19-12-16(13-29)22(31)26(23(19)32)39-20(27(35)36)11-15-7-3-2-4-8-15/h14-26,28-34H,2-13H2,1H3,(H,35,36)/t14?,16?,17?,18?,19?,20-,21?,22?,23?,24?,25?,26?,28?/m0/s1. The number of rotatable bonds is 10. The van der Waals surface area contributed by atoms with Crippen LogP contribution in [0.25, 0.3) is 0 Å². The van der Waals surface area contributed by atoms with Crippen LogP contribution in [0.4, 0.5) is 0 Å². The van der Waals surface area contributed by atoms with Crippen molar-refractivity contribution in [1.82, 2.24) is 0 Å². The summed E-state index contributed by atoms with van der Waals surface area (Å²) in [6.07, 6.45) is -4.82. The third kappa shape index (κ3) is 7.52. The van der Waals surface area contributed by atoms with Crippen molar-refractivity contribution in [2.24, 2.45) is 11.8 Å². The molecule has 3 saturated carbocycles. The van der Waals surface area contributed by atoms with Gasteiger partial charge < -0.3 is 54.7 Å². The number of hydrogen-bond donors (Lipinski definition) is 7. The van der Waals surface area contributed by atoms with E-state index < -0.39 is 91.9 Å². The summed E-state index contributed by atoms with van der Waals surface area (Å²) >= 11 is 0. The summed E-state index contributed by atoms with van der Waals surface area (Å²) in [6.45, 7) is 1.18. The van der Waals surface area contributed by atoms with E-state index in [1.54, 1.807) is 6.92 Å². The largest absolute Gasteiger partial charge is 0.479 e. The summed E-state index contributed by atoms with van der Waals surface area (Å²) in [7, 11) is 0. The van der Waals surface area contributed by atoms with Gasteiger partial charge in [0.15, 0.2) is 12.4 Å². The lowest BCUT2D eigenvalue weighted by Gasteiger charge is -2.46. The Morgan fingerprint density at radius 2 is 1.43 bits per heavy atom. The van der Waals surface area contributed by atoms with Crippen molar-refractivity contribution in [3.8, 4) is 0 Å². The fourth-order valence-corrected chi connectivity index (χ4v) is 6.77. The fourth-order valence-electron chi connectivity index (χ4n) is 6.77. The molecule has 1 saturated heterocycles. The van der Waals surface area contributed by atoms with E-state index in [4.69, 9.17) is 18.9 Å². The predicted octanol–water partition coefficient (Wildman–Crippen LogP) is 0.0697. The SMILES string of the molecule is CC1OC(OC2CCCCC2OC2CC(CO)C(O)C(O[C@@H](CC3CCCCC3)C(=O)O)C2O)C(O)C(O)C1O. The first-order chi connectivity index (χ1) is 19.1. The molecule has 1 aliphatic heterocycles. The van der Waals surface area contributed by atoms with E-state index in [0.29, 0.717) is 19.3 Å². The Labute approximate surface area is 235 Å². The zero-order valence-corrected chi connectivity index (χ0v) is 23.2. The van der Waals surface area contributed by atoms with Gasteiger partial charge in [0, 0.05) is 12.5 Å². The predicted molar refractivity (Wildman–Crippen MR) is 139 cm³/mol. The van der Waals surface area contributed by atoms with Crippen molar-refractivity contribution in [1.29, 1.82) is 0 Å². The number of aliphatic hydroxyl groups excluding tert-OH is 6. The van der Waals surface area contributed by atoms with Crippen LogP contribution in [-0.4, -0.2) is 122 Å². The Morgan fingerprint density at radius 3 is 2.05 bits per heavy atom. The van der Waals surface area contributed by atoms with E-state index in [2.05, 4.69) is 0 Å². The lowest BCUT2D eigenvalue weighted by atomic mass is 9.80. The van der Waals surface area contributed by atoms with E-state index in [9.17, 15) is 40.5 Å². The Bertz CT molecular complexity index is 793. The Kier molecular flexibility index (Phi) is 11.6. The summed E-state index contributed by atoms with van der Waals surface area (Å²) in [5, 5.41) is 72.6. The molecule has 4 rings (SSSR count). The molecule has 0 radical (unpaired) electrons. The molecule has 0 bridgehead atoms. The van der Waals surface area contributed by atoms with Crippen LogP contribution in [0.5, 0.6) is 0 Å². The molecule has 3 aliphatic carbocycles. The van der Waals surface area contributed by atoms with E-state index in [1.165, 1.54) is 0 Å². The van der Waals surface area contributed by atoms with Gasteiger partial charge in [-0.25, -0.2) is 4.79 Å². The van der Waals surface area contributed by atoms with Crippen molar-refractivity contribution in [3.05, 3.63) is 0 Å². The van der Waals surface area contributed by atoms with Gasteiger partial charge in [-0.3, -0.25) is 0 Å². The highest BCUT2D eigenvalue weighted by Gasteiger charge is 2.49. The molecule has 7 N–H and O–H groups in total. The van der Waals surface area contributed by atoms with E-state index in [1.807, 2.05) is 0 Å². The van der Waals surface area contributed by atoms with Crippen LogP contribution < -0.4 is 0 Å². The zero-order valence-electron chi connectivity index (χ0n) is 23.2. The van der Waals surface area contributed by atoms with Gasteiger partial charge in [0.1, 0.15) is 30.5 Å². The van der Waals surface area contributed by atoms with Crippen LogP contribution in [0, 0.1) is 11.8 Å². The summed E-state index contributed by atoms with van der Waals surface area (Å²) in [5.74, 6) is -1.64. The van der Waals surface area contributed by atoms with Gasteiger partial charge in [-0.05, 0) is 38.5 Å². The highest BCUT2D eigenvalue weighted by Crippen LogP contribution is 2.36. The third-order valence-corrected chi connectivity index (χ3v) is 9.28. The molecule has 12 unspecified atom stereocenters. The molecule has 0 aromatic carbocycles. The second kappa shape index (κ2) is 14.5. The van der Waals surface area contributed by atoms with Gasteiger partial charge in [0.05, 0.1) is 30.5 Å². The molecule has 40 heavy (non-hydrogen) atoms. The van der Waals surface area contributed by atoms with Gasteiger partial charge in [0.2, 0.25) is 0 Å². The average molecular weight is 577 g/mol. The maximum Gasteiger partial charge on any atom is 0.332 e. The number of carbonyl (C=O) groups is 1. The highest BCUT2D eigenvalue weighted by molar-refractivity contribution is 5.72. The zero-order chi connectivity index (χ0) is 29.0. The number of aliphatic hydroxyl groups is 6. The Morgan fingerprint density at radius 1 is 0.800 bits per heavy atom. The first-order valence-corrected chi connectivity index (χ1v) is 15.0. The molecular weight excluding hydrogens is 528 g/mol. The number of hydrogen-bond acceptors (Lipinski definition) is 11. The van der Waals surface area contributed by atoms with Crippen molar-refractivity contribution in [3.63, 3.8) is 0 Å². The summed E-state index contributed by atoms with van der Waals surface area (Å²) in [6, 6.07) is 0. The average Bonchev–Trinajstić information content (AvgIpc) is 2.95. The first kappa shape index (κ1) is 32.0. The minimum atomic E-state index is -1.46. The number of carboxylic acid groups (broad SMARTS) is 1. The third-order valence-electron chi connectivity index (χ3n) is 9.28. The van der Waals surface area contributed by atoms with Gasteiger partial charge in [-0.15, -0.1) is 0 Å². The Balaban J connectivity index is 1.43. The minimum Gasteiger partial charge on any atom is -0.479 e. The van der Waals surface area contributed by atoms with Gasteiger partial charge in [0.25, 0.3) is 0 Å². The smallest absolute Gasteiger partial charge is 0.332 e. The van der Waals surface area contributed by atoms with Gasteiger partial charge in [-0.1, -0.05) is 44.9 Å². The molecular formula is C28H48O12. The number of ether oxygens (including phenoxy) is 4. The summed E-state index contributed by atoms with van der Waals surface area (Å²) in [5.41, 5.74) is 0. The van der Waals surface area contributed by atoms with Crippen LogP contribution in [0.1, 0.15) is 77.6 Å². The lowest BCUT2D eigenvalue weighted by Crippen LogP contribution is -2.60. The van der Waals surface area contributed by atoms with Crippen LogP contribution in [0.3, 0.4) is 0 Å². The summed E-state index contributed by atoms with van der Waals surface area (Å²) in [4.78, 5) is 12.1. The minimum absolute atomic E-state index is 0.132. The monoisotopic (exact) mass is 576 g/mol. The molecule has 12 heteroatoms. The quantitative estimate of drug-likeness (QED) is 0.185. The van der Waals surface area contributed by atoms with Crippen molar-refractivity contribution in [2.45, 2.75) is 151 Å². The molecule has 0 aromatic heterocycles. The molecule has 0 aromatic rings. The van der Waals surface area contributed by atoms with E-state index in [0.717, 1.165) is 44.9 Å². The molecule has 4 aliphatic rings. The lowest BCUT2D eigenvalue weighted by molar-refractivity contribution is -0.317. The Hall–Kier alpha value is -0.930. The van der Waals surface area contributed by atoms with Crippen molar-refractivity contribution < 1.29 is 59.5 Å². The van der Waals surface area contributed by atoms with Gasteiger partial charge in [-0.2, -0.15) is 0 Å².